The third-order valence-electron chi connectivity index (χ3n) is 9.30. The van der Waals surface area contributed by atoms with E-state index in [0.29, 0.717) is 11.6 Å². The lowest BCUT2D eigenvalue weighted by molar-refractivity contribution is 0.477. The number of ether oxygens (including phenoxy) is 1. The number of para-hydroxylation sites is 6. The Hall–Kier alpha value is -7.00. The van der Waals surface area contributed by atoms with Crippen molar-refractivity contribution >= 4 is 44.9 Å². The lowest BCUT2D eigenvalue weighted by atomic mass is 9.92. The summed E-state index contributed by atoms with van der Waals surface area (Å²) in [6, 6.07) is 42.0. The lowest BCUT2D eigenvalue weighted by Gasteiger charge is -2.34. The number of benzene rings is 6. The van der Waals surface area contributed by atoms with E-state index in [1.54, 1.807) is 0 Å². The molecule has 50 heavy (non-hydrogen) atoms. The van der Waals surface area contributed by atoms with Gasteiger partial charge in [-0.15, -0.1) is 0 Å². The monoisotopic (exact) mass is 646 g/mol. The average Bonchev–Trinajstić information content (AvgIpc) is 3.19. The van der Waals surface area contributed by atoms with E-state index in [1.165, 1.54) is 36.4 Å². The number of rotatable bonds is 4. The second kappa shape index (κ2) is 11.3. The first-order valence-corrected chi connectivity index (χ1v) is 16.3. The quantitative estimate of drug-likeness (QED) is 0.185. The minimum absolute atomic E-state index is 0.555. The van der Waals surface area contributed by atoms with E-state index in [4.69, 9.17) is 4.74 Å². The molecule has 2 aliphatic rings. The van der Waals surface area contributed by atoms with Gasteiger partial charge in [0, 0.05) is 40.3 Å². The molecule has 0 saturated heterocycles. The second-order valence-corrected chi connectivity index (χ2v) is 12.1. The maximum atomic E-state index is 6.36. The van der Waals surface area contributed by atoms with Gasteiger partial charge in [-0.2, -0.15) is 0 Å². The molecule has 2 aliphatic heterocycles. The fourth-order valence-electron chi connectivity index (χ4n) is 7.17. The zero-order valence-electron chi connectivity index (χ0n) is 26.5. The number of anilines is 6. The Labute approximate surface area is 287 Å². The minimum Gasteiger partial charge on any atom is -0.453 e. The van der Waals surface area contributed by atoms with Gasteiger partial charge in [-0.05, 0) is 82.6 Å². The van der Waals surface area contributed by atoms with E-state index in [1.807, 2.05) is 36.4 Å². The maximum absolute atomic E-state index is 6.36. The fourth-order valence-corrected chi connectivity index (χ4v) is 7.17. The molecule has 2 aromatic heterocycles. The zero-order valence-corrected chi connectivity index (χ0v) is 26.5. The van der Waals surface area contributed by atoms with Gasteiger partial charge in [-0.3, -0.25) is 0 Å². The van der Waals surface area contributed by atoms with Crippen LogP contribution in [0.1, 0.15) is 11.1 Å². The predicted molar refractivity (Wildman–Crippen MR) is 194 cm³/mol. The highest BCUT2D eigenvalue weighted by molar-refractivity contribution is 6.09. The summed E-state index contributed by atoms with van der Waals surface area (Å²) in [6.07, 6.45) is 7.01. The van der Waals surface area contributed by atoms with Gasteiger partial charge in [0.2, 0.25) is 0 Å². The Balaban J connectivity index is 1.30. The highest BCUT2D eigenvalue weighted by Crippen LogP contribution is 2.52. The summed E-state index contributed by atoms with van der Waals surface area (Å²) in [6.45, 7) is 0. The summed E-state index contributed by atoms with van der Waals surface area (Å²) < 4.78 is 6.36. The van der Waals surface area contributed by atoms with Gasteiger partial charge in [0.05, 0.1) is 11.4 Å². The van der Waals surface area contributed by atoms with E-state index >= 15 is 0 Å². The summed E-state index contributed by atoms with van der Waals surface area (Å²) >= 11 is 0. The van der Waals surface area contributed by atoms with Crippen LogP contribution in [0, 0.1) is 0 Å². The van der Waals surface area contributed by atoms with Crippen molar-refractivity contribution in [1.82, 2.24) is 29.9 Å². The van der Waals surface area contributed by atoms with Crippen LogP contribution in [0.15, 0.2) is 147 Å². The summed E-state index contributed by atoms with van der Waals surface area (Å²) in [5, 5.41) is 1.89. The fraction of sp³-hybridized carbons (Fsp3) is 0.0244. The highest BCUT2D eigenvalue weighted by atomic mass is 16.5. The number of fused-ring (bicyclic) bond motifs is 5. The molecule has 0 aliphatic carbocycles. The van der Waals surface area contributed by atoms with Crippen LogP contribution in [0.25, 0.3) is 33.5 Å². The first-order chi connectivity index (χ1) is 24.8. The Bertz CT molecular complexity index is 2310. The first-order valence-electron chi connectivity index (χ1n) is 16.3. The van der Waals surface area contributed by atoms with Crippen LogP contribution in [0.2, 0.25) is 0 Å². The molecular weight excluding hydrogens is 621 g/mol. The van der Waals surface area contributed by atoms with Crippen LogP contribution < -0.4 is 14.5 Å². The van der Waals surface area contributed by atoms with Crippen molar-refractivity contribution in [2.45, 2.75) is 6.42 Å². The molecule has 8 aromatic rings. The van der Waals surface area contributed by atoms with Crippen LogP contribution in [0.3, 0.4) is 0 Å². The standard InChI is InChI=1S/C41H26N8O/c1-3-11-34-26(9-1)17-27-10-2-4-12-35(27)48(34)28-18-30-31(32(20-28)40-44-22-42-23-45-40)19-29(21-33(30)41-46-24-43-25-47-41)49-36-13-5-7-15-38(36)50-39-16-8-6-14-37(39)49/h1-16,18-25H,17H2. The van der Waals surface area contributed by atoms with E-state index in [2.05, 4.69) is 125 Å². The Kier molecular flexibility index (Phi) is 6.35. The van der Waals surface area contributed by atoms with Crippen molar-refractivity contribution in [3.05, 3.63) is 158 Å². The van der Waals surface area contributed by atoms with Gasteiger partial charge >= 0.3 is 0 Å². The first kappa shape index (κ1) is 28.1. The number of aromatic nitrogens is 6. The molecule has 0 radical (unpaired) electrons. The maximum Gasteiger partial charge on any atom is 0.163 e. The second-order valence-electron chi connectivity index (χ2n) is 12.1. The van der Waals surface area contributed by atoms with E-state index in [9.17, 15) is 0 Å². The molecular formula is C41H26N8O. The van der Waals surface area contributed by atoms with Gasteiger partial charge in [0.15, 0.2) is 23.1 Å². The molecule has 9 heteroatoms. The normalized spacial score (nSPS) is 12.8. The molecule has 4 heterocycles. The molecule has 0 unspecified atom stereocenters. The summed E-state index contributed by atoms with van der Waals surface area (Å²) in [5.74, 6) is 2.65. The van der Waals surface area contributed by atoms with Gasteiger partial charge in [-0.25, -0.2) is 29.9 Å². The van der Waals surface area contributed by atoms with Crippen molar-refractivity contribution in [1.29, 1.82) is 0 Å². The van der Waals surface area contributed by atoms with E-state index in [0.717, 1.165) is 73.9 Å². The van der Waals surface area contributed by atoms with Crippen molar-refractivity contribution in [3.63, 3.8) is 0 Å². The third kappa shape index (κ3) is 4.48. The highest BCUT2D eigenvalue weighted by Gasteiger charge is 2.29. The van der Waals surface area contributed by atoms with Crippen molar-refractivity contribution < 1.29 is 4.74 Å². The number of hydrogen-bond acceptors (Lipinski definition) is 9. The smallest absolute Gasteiger partial charge is 0.163 e. The van der Waals surface area contributed by atoms with E-state index in [-0.39, 0.29) is 0 Å². The average molecular weight is 647 g/mol. The molecule has 0 amide bonds. The molecule has 0 fully saturated rings. The largest absolute Gasteiger partial charge is 0.453 e. The lowest BCUT2D eigenvalue weighted by Crippen LogP contribution is -2.18. The molecule has 0 spiro atoms. The Morgan fingerprint density at radius 1 is 0.440 bits per heavy atom. The zero-order chi connectivity index (χ0) is 33.0. The SMILES string of the molecule is c1ccc2c(c1)Cc1ccccc1N2c1cc(-c2ncncn2)c2cc(N3c4ccccc4Oc4ccccc43)cc(-c3ncncn3)c2c1. The van der Waals surface area contributed by atoms with Gasteiger partial charge in [0.25, 0.3) is 0 Å². The Morgan fingerprint density at radius 2 is 0.840 bits per heavy atom. The Morgan fingerprint density at radius 3 is 1.32 bits per heavy atom. The molecule has 0 saturated carbocycles. The van der Waals surface area contributed by atoms with Crippen molar-refractivity contribution in [2.24, 2.45) is 0 Å². The van der Waals surface area contributed by atoms with Crippen LogP contribution >= 0.6 is 0 Å². The number of nitrogens with zero attached hydrogens (tertiary/aromatic N) is 8. The molecule has 0 atom stereocenters. The third-order valence-corrected chi connectivity index (χ3v) is 9.30. The van der Waals surface area contributed by atoms with Crippen LogP contribution in [0.4, 0.5) is 34.1 Å². The predicted octanol–water partition coefficient (Wildman–Crippen LogP) is 9.49. The van der Waals surface area contributed by atoms with Gasteiger partial charge in [-0.1, -0.05) is 60.7 Å². The summed E-state index contributed by atoms with van der Waals surface area (Å²) in [4.78, 5) is 31.5. The molecule has 236 valence electrons. The topological polar surface area (TPSA) is 93.1 Å². The van der Waals surface area contributed by atoms with Crippen LogP contribution in [-0.2, 0) is 6.42 Å². The molecule has 0 bridgehead atoms. The van der Waals surface area contributed by atoms with Gasteiger partial charge < -0.3 is 14.5 Å². The molecule has 10 rings (SSSR count). The number of hydrogen-bond donors (Lipinski definition) is 0. The van der Waals surface area contributed by atoms with Crippen molar-refractivity contribution in [3.8, 4) is 34.3 Å². The molecule has 9 nitrogen and oxygen atoms in total. The van der Waals surface area contributed by atoms with Gasteiger partial charge in [0.1, 0.15) is 25.3 Å². The minimum atomic E-state index is 0.555. The van der Waals surface area contributed by atoms with Crippen molar-refractivity contribution in [2.75, 3.05) is 9.80 Å². The molecule has 0 N–H and O–H groups in total. The van der Waals surface area contributed by atoms with Crippen LogP contribution in [-0.4, -0.2) is 29.9 Å². The molecule has 6 aromatic carbocycles. The van der Waals surface area contributed by atoms with E-state index < -0.39 is 0 Å². The van der Waals surface area contributed by atoms with Crippen LogP contribution in [0.5, 0.6) is 11.5 Å². The summed E-state index contributed by atoms with van der Waals surface area (Å²) in [7, 11) is 0. The summed E-state index contributed by atoms with van der Waals surface area (Å²) in [5.41, 5.74) is 10.2.